The SMILES string of the molecule is Cc1cc(NC(=O)[C@H](Cc2ccccc2)NS(=O)(=O)c2ccc3c(c2)OCCO3)ccc1Br. The summed E-state index contributed by atoms with van der Waals surface area (Å²) < 4.78 is 40.8. The van der Waals surface area contributed by atoms with Crippen LogP contribution in [-0.2, 0) is 21.2 Å². The maximum Gasteiger partial charge on any atom is 0.242 e. The van der Waals surface area contributed by atoms with Gasteiger partial charge in [0.15, 0.2) is 11.5 Å². The van der Waals surface area contributed by atoms with Crippen LogP contribution >= 0.6 is 15.9 Å². The third kappa shape index (κ3) is 5.73. The fourth-order valence-electron chi connectivity index (χ4n) is 3.44. The second kappa shape index (κ2) is 9.94. The van der Waals surface area contributed by atoms with Crippen LogP contribution in [0.5, 0.6) is 11.5 Å². The first-order chi connectivity index (χ1) is 15.8. The average molecular weight is 531 g/mol. The van der Waals surface area contributed by atoms with Crippen molar-refractivity contribution in [2.24, 2.45) is 0 Å². The molecule has 0 saturated heterocycles. The van der Waals surface area contributed by atoms with Crippen LogP contribution in [0.15, 0.2) is 76.1 Å². The molecule has 0 aromatic heterocycles. The molecule has 1 aliphatic heterocycles. The first kappa shape index (κ1) is 23.3. The van der Waals surface area contributed by atoms with Gasteiger partial charge in [-0.1, -0.05) is 46.3 Å². The standard InChI is InChI=1S/C24H23BrN2O5S/c1-16-13-18(7-9-20(16)25)26-24(28)21(14-17-5-3-2-4-6-17)27-33(29,30)19-8-10-22-23(15-19)32-12-11-31-22/h2-10,13,15,21,27H,11-12,14H2,1H3,(H,26,28)/t21-/m0/s1. The molecule has 1 amide bonds. The quantitative estimate of drug-likeness (QED) is 0.480. The van der Waals surface area contributed by atoms with Crippen LogP contribution in [0.2, 0.25) is 0 Å². The van der Waals surface area contributed by atoms with Crippen molar-refractivity contribution in [3.63, 3.8) is 0 Å². The number of aryl methyl sites for hydroxylation is 1. The highest BCUT2D eigenvalue weighted by atomic mass is 79.9. The van der Waals surface area contributed by atoms with Crippen LogP contribution in [0.1, 0.15) is 11.1 Å². The van der Waals surface area contributed by atoms with Gasteiger partial charge in [-0.25, -0.2) is 8.42 Å². The first-order valence-corrected chi connectivity index (χ1v) is 12.6. The van der Waals surface area contributed by atoms with Gasteiger partial charge < -0.3 is 14.8 Å². The van der Waals surface area contributed by atoms with Crippen molar-refractivity contribution >= 4 is 37.5 Å². The van der Waals surface area contributed by atoms with Gasteiger partial charge >= 0.3 is 0 Å². The number of carbonyl (C=O) groups is 1. The summed E-state index contributed by atoms with van der Waals surface area (Å²) in [6.07, 6.45) is 0.186. The van der Waals surface area contributed by atoms with E-state index < -0.39 is 22.0 Å². The molecule has 1 atom stereocenters. The number of sulfonamides is 1. The number of hydrogen-bond donors (Lipinski definition) is 2. The predicted octanol–water partition coefficient (Wildman–Crippen LogP) is 4.06. The molecule has 4 rings (SSSR count). The summed E-state index contributed by atoms with van der Waals surface area (Å²) in [6.45, 7) is 2.66. The monoisotopic (exact) mass is 530 g/mol. The highest BCUT2D eigenvalue weighted by molar-refractivity contribution is 9.10. The Morgan fingerprint density at radius 2 is 1.73 bits per heavy atom. The molecule has 0 fully saturated rings. The topological polar surface area (TPSA) is 93.7 Å². The van der Waals surface area contributed by atoms with E-state index in [-0.39, 0.29) is 11.3 Å². The van der Waals surface area contributed by atoms with Gasteiger partial charge in [-0.15, -0.1) is 0 Å². The molecule has 172 valence electrons. The Hall–Kier alpha value is -2.88. The van der Waals surface area contributed by atoms with Crippen molar-refractivity contribution in [3.8, 4) is 11.5 Å². The zero-order valence-corrected chi connectivity index (χ0v) is 20.3. The Labute approximate surface area is 201 Å². The van der Waals surface area contributed by atoms with Crippen molar-refractivity contribution in [3.05, 3.63) is 82.3 Å². The van der Waals surface area contributed by atoms with E-state index in [0.29, 0.717) is 30.4 Å². The van der Waals surface area contributed by atoms with Crippen LogP contribution in [0, 0.1) is 6.92 Å². The van der Waals surface area contributed by atoms with Gasteiger partial charge in [0.25, 0.3) is 0 Å². The lowest BCUT2D eigenvalue weighted by Crippen LogP contribution is -2.45. The lowest BCUT2D eigenvalue weighted by molar-refractivity contribution is -0.117. The molecule has 3 aromatic rings. The van der Waals surface area contributed by atoms with E-state index >= 15 is 0 Å². The number of anilines is 1. The minimum atomic E-state index is -4.02. The zero-order valence-electron chi connectivity index (χ0n) is 17.9. The molecule has 0 aliphatic carbocycles. The third-order valence-corrected chi connectivity index (χ3v) is 7.51. The van der Waals surface area contributed by atoms with Crippen LogP contribution in [0.3, 0.4) is 0 Å². The van der Waals surface area contributed by atoms with E-state index in [9.17, 15) is 13.2 Å². The normalized spacial score (nSPS) is 13.9. The van der Waals surface area contributed by atoms with Crippen LogP contribution in [0.25, 0.3) is 0 Å². The average Bonchev–Trinajstić information content (AvgIpc) is 2.81. The lowest BCUT2D eigenvalue weighted by atomic mass is 10.1. The molecule has 0 unspecified atom stereocenters. The van der Waals surface area contributed by atoms with E-state index in [0.717, 1.165) is 15.6 Å². The summed E-state index contributed by atoms with van der Waals surface area (Å²) in [7, 11) is -4.02. The van der Waals surface area contributed by atoms with Crippen LogP contribution in [0.4, 0.5) is 5.69 Å². The summed E-state index contributed by atoms with van der Waals surface area (Å²) in [5.74, 6) is 0.393. The van der Waals surface area contributed by atoms with E-state index in [4.69, 9.17) is 9.47 Å². The molecular weight excluding hydrogens is 508 g/mol. The van der Waals surface area contributed by atoms with E-state index in [1.807, 2.05) is 49.4 Å². The zero-order chi connectivity index (χ0) is 23.4. The number of fused-ring (bicyclic) bond motifs is 1. The predicted molar refractivity (Wildman–Crippen MR) is 129 cm³/mol. The second-order valence-electron chi connectivity index (χ2n) is 7.62. The molecule has 1 heterocycles. The molecule has 7 nitrogen and oxygen atoms in total. The molecule has 0 spiro atoms. The van der Waals surface area contributed by atoms with Gasteiger partial charge in [-0.05, 0) is 54.8 Å². The van der Waals surface area contributed by atoms with Gasteiger partial charge in [-0.3, -0.25) is 4.79 Å². The van der Waals surface area contributed by atoms with Gasteiger partial charge in [0.2, 0.25) is 15.9 Å². The Morgan fingerprint density at radius 1 is 1.00 bits per heavy atom. The summed E-state index contributed by atoms with van der Waals surface area (Å²) in [6, 6.07) is 18.0. The Bertz CT molecular complexity index is 1270. The van der Waals surface area contributed by atoms with Crippen molar-refractivity contribution in [2.75, 3.05) is 18.5 Å². The molecule has 0 saturated carbocycles. The molecule has 0 radical (unpaired) electrons. The second-order valence-corrected chi connectivity index (χ2v) is 10.2. The fraction of sp³-hybridized carbons (Fsp3) is 0.208. The van der Waals surface area contributed by atoms with Crippen molar-refractivity contribution < 1.29 is 22.7 Å². The van der Waals surface area contributed by atoms with Crippen LogP contribution < -0.4 is 19.5 Å². The highest BCUT2D eigenvalue weighted by Crippen LogP contribution is 2.32. The van der Waals surface area contributed by atoms with E-state index in [1.54, 1.807) is 12.1 Å². The number of benzene rings is 3. The van der Waals surface area contributed by atoms with Crippen molar-refractivity contribution in [1.29, 1.82) is 0 Å². The number of nitrogens with one attached hydrogen (secondary N) is 2. The number of ether oxygens (including phenoxy) is 2. The minimum absolute atomic E-state index is 0.00269. The summed E-state index contributed by atoms with van der Waals surface area (Å²) in [5, 5.41) is 2.82. The van der Waals surface area contributed by atoms with Crippen molar-refractivity contribution in [2.45, 2.75) is 24.3 Å². The molecule has 1 aliphatic rings. The number of amides is 1. The minimum Gasteiger partial charge on any atom is -0.486 e. The molecule has 2 N–H and O–H groups in total. The molecule has 9 heteroatoms. The highest BCUT2D eigenvalue weighted by Gasteiger charge is 2.27. The van der Waals surface area contributed by atoms with E-state index in [2.05, 4.69) is 26.0 Å². The smallest absolute Gasteiger partial charge is 0.242 e. The fourth-order valence-corrected chi connectivity index (χ4v) is 4.89. The molecular formula is C24H23BrN2O5S. The summed E-state index contributed by atoms with van der Waals surface area (Å²) in [5.41, 5.74) is 2.36. The third-order valence-electron chi connectivity index (χ3n) is 5.15. The summed E-state index contributed by atoms with van der Waals surface area (Å²) in [4.78, 5) is 13.2. The van der Waals surface area contributed by atoms with Gasteiger partial charge in [0.05, 0.1) is 4.90 Å². The number of carbonyl (C=O) groups excluding carboxylic acids is 1. The molecule has 33 heavy (non-hydrogen) atoms. The van der Waals surface area contributed by atoms with Crippen LogP contribution in [-0.4, -0.2) is 33.6 Å². The first-order valence-electron chi connectivity index (χ1n) is 10.3. The Kier molecular flexibility index (Phi) is 7.02. The van der Waals surface area contributed by atoms with Crippen molar-refractivity contribution in [1.82, 2.24) is 4.72 Å². The number of halogens is 1. The van der Waals surface area contributed by atoms with E-state index in [1.165, 1.54) is 12.1 Å². The largest absolute Gasteiger partial charge is 0.486 e. The van der Waals surface area contributed by atoms with Gasteiger partial charge in [-0.2, -0.15) is 4.72 Å². The number of hydrogen-bond acceptors (Lipinski definition) is 5. The summed E-state index contributed by atoms with van der Waals surface area (Å²) >= 11 is 3.44. The maximum atomic E-state index is 13.2. The maximum absolute atomic E-state index is 13.2. The van der Waals surface area contributed by atoms with Gasteiger partial charge in [0.1, 0.15) is 19.3 Å². The Morgan fingerprint density at radius 3 is 2.45 bits per heavy atom. The van der Waals surface area contributed by atoms with Gasteiger partial charge in [0, 0.05) is 16.2 Å². The Balaban J connectivity index is 1.59. The lowest BCUT2D eigenvalue weighted by Gasteiger charge is -2.21. The molecule has 3 aromatic carbocycles. The molecule has 0 bridgehead atoms. The number of rotatable bonds is 7.